The van der Waals surface area contributed by atoms with Gasteiger partial charge in [-0.15, -0.1) is 0 Å². The van der Waals surface area contributed by atoms with E-state index in [0.29, 0.717) is 10.9 Å². The Balaban J connectivity index is 2.46. The molecule has 0 aliphatic heterocycles. The van der Waals surface area contributed by atoms with Crippen LogP contribution >= 0.6 is 0 Å². The molecule has 1 atom stereocenters. The van der Waals surface area contributed by atoms with Gasteiger partial charge in [-0.1, -0.05) is 12.1 Å². The van der Waals surface area contributed by atoms with Gasteiger partial charge < -0.3 is 5.11 Å². The average Bonchev–Trinajstić information content (AvgIpc) is 2.34. The maximum absolute atomic E-state index is 12.9. The molecule has 1 unspecified atom stereocenters. The smallest absolute Gasteiger partial charge is 0.396 e. The molecule has 0 amide bonds. The second-order valence-electron chi connectivity index (χ2n) is 4.15. The highest BCUT2D eigenvalue weighted by Gasteiger charge is 2.42. The second-order valence-corrected chi connectivity index (χ2v) is 4.15. The van der Waals surface area contributed by atoms with Crippen molar-refractivity contribution in [3.8, 4) is 0 Å². The number of hydrogen-bond donors (Lipinski definition) is 1. The Hall–Kier alpha value is -2.11. The van der Waals surface area contributed by atoms with Gasteiger partial charge in [-0.3, -0.25) is 9.78 Å². The van der Waals surface area contributed by atoms with Crippen LogP contribution in [0.15, 0.2) is 36.5 Å². The topological polar surface area (TPSA) is 50.2 Å². The molecule has 0 fully saturated rings. The highest BCUT2D eigenvalue weighted by atomic mass is 19.4. The van der Waals surface area contributed by atoms with Crippen molar-refractivity contribution in [3.05, 3.63) is 42.1 Å². The number of hydrogen-bond acceptors (Lipinski definition) is 2. The third-order valence-electron chi connectivity index (χ3n) is 2.80. The number of aromatic nitrogens is 1. The lowest BCUT2D eigenvalue weighted by atomic mass is 9.94. The summed E-state index contributed by atoms with van der Waals surface area (Å²) >= 11 is 0. The molecule has 0 aliphatic carbocycles. The number of rotatable bonds is 3. The number of fused-ring (bicyclic) bond motifs is 1. The molecule has 3 nitrogen and oxygen atoms in total. The van der Waals surface area contributed by atoms with Crippen molar-refractivity contribution < 1.29 is 23.1 Å². The molecule has 0 bridgehead atoms. The number of halogens is 3. The third kappa shape index (κ3) is 3.01. The third-order valence-corrected chi connectivity index (χ3v) is 2.80. The Bertz CT molecular complexity index is 610. The van der Waals surface area contributed by atoms with E-state index in [1.54, 1.807) is 18.3 Å². The van der Waals surface area contributed by atoms with E-state index in [4.69, 9.17) is 5.11 Å². The molecule has 2 aromatic rings. The predicted molar refractivity (Wildman–Crippen MR) is 62.8 cm³/mol. The quantitative estimate of drug-likeness (QED) is 0.929. The first-order chi connectivity index (χ1) is 8.88. The molecule has 2 rings (SSSR count). The number of carboxylic acid groups (broad SMARTS) is 1. The Labute approximate surface area is 106 Å². The first kappa shape index (κ1) is 13.3. The highest BCUT2D eigenvalue weighted by Crippen LogP contribution is 2.38. The maximum Gasteiger partial charge on any atom is 0.396 e. The van der Waals surface area contributed by atoms with Crippen LogP contribution in [0.3, 0.4) is 0 Å². The minimum Gasteiger partial charge on any atom is -0.481 e. The van der Waals surface area contributed by atoms with Crippen molar-refractivity contribution >= 4 is 16.9 Å². The fourth-order valence-electron chi connectivity index (χ4n) is 1.91. The molecule has 6 heteroatoms. The highest BCUT2D eigenvalue weighted by molar-refractivity contribution is 5.79. The summed E-state index contributed by atoms with van der Waals surface area (Å²) in [4.78, 5) is 14.6. The minimum atomic E-state index is -4.59. The van der Waals surface area contributed by atoms with Gasteiger partial charge >= 0.3 is 12.1 Å². The van der Waals surface area contributed by atoms with Gasteiger partial charge in [0, 0.05) is 11.6 Å². The van der Waals surface area contributed by atoms with Gasteiger partial charge in [0.2, 0.25) is 0 Å². The largest absolute Gasteiger partial charge is 0.481 e. The first-order valence-electron chi connectivity index (χ1n) is 5.51. The maximum atomic E-state index is 12.9. The van der Waals surface area contributed by atoms with E-state index in [9.17, 15) is 18.0 Å². The molecule has 0 spiro atoms. The van der Waals surface area contributed by atoms with E-state index in [-0.39, 0.29) is 5.56 Å². The molecule has 0 aliphatic rings. The summed E-state index contributed by atoms with van der Waals surface area (Å²) < 4.78 is 38.7. The summed E-state index contributed by atoms with van der Waals surface area (Å²) in [6.07, 6.45) is -4.02. The standard InChI is InChI=1S/C13H10F3NO2/c14-13(15,16)10(7-12(18)19)8-3-4-11-9(6-8)2-1-5-17-11/h1-6,10H,7H2,(H,18,19). The van der Waals surface area contributed by atoms with E-state index in [2.05, 4.69) is 4.98 Å². The van der Waals surface area contributed by atoms with E-state index >= 15 is 0 Å². The summed E-state index contributed by atoms with van der Waals surface area (Å²) in [5.41, 5.74) is 0.512. The number of carboxylic acids is 1. The van der Waals surface area contributed by atoms with Crippen LogP contribution in [0.2, 0.25) is 0 Å². The lowest BCUT2D eigenvalue weighted by molar-refractivity contribution is -0.163. The molecular weight excluding hydrogens is 259 g/mol. The lowest BCUT2D eigenvalue weighted by Gasteiger charge is -2.19. The fourth-order valence-corrected chi connectivity index (χ4v) is 1.91. The van der Waals surface area contributed by atoms with Crippen LogP contribution in [0.25, 0.3) is 10.9 Å². The van der Waals surface area contributed by atoms with E-state index in [1.165, 1.54) is 18.2 Å². The van der Waals surface area contributed by atoms with Gasteiger partial charge in [-0.05, 0) is 23.8 Å². The van der Waals surface area contributed by atoms with Gasteiger partial charge in [-0.25, -0.2) is 0 Å². The molecule has 1 aromatic carbocycles. The van der Waals surface area contributed by atoms with Gasteiger partial charge in [0.25, 0.3) is 0 Å². The van der Waals surface area contributed by atoms with Crippen LogP contribution in [0.4, 0.5) is 13.2 Å². The lowest BCUT2D eigenvalue weighted by Crippen LogP contribution is -2.23. The van der Waals surface area contributed by atoms with Crippen LogP contribution in [0.1, 0.15) is 17.9 Å². The monoisotopic (exact) mass is 269 g/mol. The number of aliphatic carboxylic acids is 1. The predicted octanol–water partition coefficient (Wildman–Crippen LogP) is 3.36. The molecule has 1 N–H and O–H groups in total. The van der Waals surface area contributed by atoms with Crippen LogP contribution in [0, 0.1) is 0 Å². The van der Waals surface area contributed by atoms with Crippen LogP contribution in [-0.2, 0) is 4.79 Å². The molecule has 0 saturated heterocycles. The van der Waals surface area contributed by atoms with E-state index in [0.717, 1.165) is 0 Å². The van der Waals surface area contributed by atoms with Gasteiger partial charge in [0.15, 0.2) is 0 Å². The van der Waals surface area contributed by atoms with Crippen molar-refractivity contribution in [1.82, 2.24) is 4.98 Å². The summed E-state index contributed by atoms with van der Waals surface area (Å²) in [6.45, 7) is 0. The first-order valence-corrected chi connectivity index (χ1v) is 5.51. The number of nitrogens with zero attached hydrogens (tertiary/aromatic N) is 1. The van der Waals surface area contributed by atoms with Crippen LogP contribution < -0.4 is 0 Å². The Morgan fingerprint density at radius 1 is 1.32 bits per heavy atom. The van der Waals surface area contributed by atoms with Crippen molar-refractivity contribution in [1.29, 1.82) is 0 Å². The van der Waals surface area contributed by atoms with Crippen LogP contribution in [0.5, 0.6) is 0 Å². The molecule has 1 aromatic heterocycles. The zero-order valence-corrected chi connectivity index (χ0v) is 9.69. The minimum absolute atomic E-state index is 0.0598. The SMILES string of the molecule is O=C(O)CC(c1ccc2ncccc2c1)C(F)(F)F. The summed E-state index contributed by atoms with van der Waals surface area (Å²) in [5.74, 6) is -3.48. The van der Waals surface area contributed by atoms with Crippen molar-refractivity contribution in [2.75, 3.05) is 0 Å². The summed E-state index contributed by atoms with van der Waals surface area (Å²) in [5, 5.41) is 9.16. The Morgan fingerprint density at radius 2 is 2.05 bits per heavy atom. The number of pyridine rings is 1. The van der Waals surface area contributed by atoms with Gasteiger partial charge in [0.1, 0.15) is 0 Å². The van der Waals surface area contributed by atoms with Gasteiger partial charge in [-0.2, -0.15) is 13.2 Å². The number of alkyl halides is 3. The molecule has 100 valence electrons. The molecule has 0 radical (unpaired) electrons. The van der Waals surface area contributed by atoms with Crippen molar-refractivity contribution in [2.45, 2.75) is 18.5 Å². The second kappa shape index (κ2) is 4.87. The Morgan fingerprint density at radius 3 is 2.68 bits per heavy atom. The normalized spacial score (nSPS) is 13.4. The summed E-state index contributed by atoms with van der Waals surface area (Å²) in [6, 6.07) is 7.33. The number of carbonyl (C=O) groups is 1. The van der Waals surface area contributed by atoms with E-state index in [1.807, 2.05) is 0 Å². The van der Waals surface area contributed by atoms with Crippen LogP contribution in [-0.4, -0.2) is 22.2 Å². The zero-order valence-electron chi connectivity index (χ0n) is 9.69. The van der Waals surface area contributed by atoms with Gasteiger partial charge in [0.05, 0.1) is 17.9 Å². The zero-order chi connectivity index (χ0) is 14.0. The molecule has 1 heterocycles. The fraction of sp³-hybridized carbons (Fsp3) is 0.231. The average molecular weight is 269 g/mol. The van der Waals surface area contributed by atoms with E-state index < -0.39 is 24.5 Å². The molecule has 0 saturated carbocycles. The van der Waals surface area contributed by atoms with Crippen molar-refractivity contribution in [2.24, 2.45) is 0 Å². The number of benzene rings is 1. The Kier molecular flexibility index (Phi) is 3.42. The summed E-state index contributed by atoms with van der Waals surface area (Å²) in [7, 11) is 0. The molecular formula is C13H10F3NO2. The molecule has 19 heavy (non-hydrogen) atoms. The van der Waals surface area contributed by atoms with Crippen molar-refractivity contribution in [3.63, 3.8) is 0 Å².